The van der Waals surface area contributed by atoms with Crippen molar-refractivity contribution in [1.29, 1.82) is 0 Å². The summed E-state index contributed by atoms with van der Waals surface area (Å²) in [5, 5.41) is 40.7. The van der Waals surface area contributed by atoms with Crippen molar-refractivity contribution in [3.63, 3.8) is 0 Å². The molecule has 0 unspecified atom stereocenters. The number of esters is 1. The molecule has 2 amide bonds. The summed E-state index contributed by atoms with van der Waals surface area (Å²) < 4.78 is 37.0. The molecule has 2 fully saturated rings. The molecule has 1 saturated carbocycles. The maximum Gasteiger partial charge on any atom is 0.407 e. The van der Waals surface area contributed by atoms with E-state index in [4.69, 9.17) is 33.2 Å². The molecule has 17 heteroatoms. The van der Waals surface area contributed by atoms with Crippen molar-refractivity contribution in [1.82, 2.24) is 5.32 Å². The molecule has 1 saturated heterocycles. The second-order valence-electron chi connectivity index (χ2n) is 12.7. The number of rotatable bonds is 10. The first kappa shape index (κ1) is 38.1. The number of aliphatic hydroxyl groups is 3. The zero-order valence-corrected chi connectivity index (χ0v) is 30.3. The molecule has 2 aromatic rings. The van der Waals surface area contributed by atoms with Crippen molar-refractivity contribution in [2.75, 3.05) is 39.5 Å². The lowest BCUT2D eigenvalue weighted by molar-refractivity contribution is -0.275. The molecule has 53 heavy (non-hydrogen) atoms. The fraction of sp³-hybridized carbons (Fsp3) is 0.444. The lowest BCUT2D eigenvalue weighted by atomic mass is 9.57. The number of carbonyl (C=O) groups is 4. The number of ether oxygens (including phenoxy) is 7. The highest BCUT2D eigenvalue weighted by molar-refractivity contribution is 8.01. The molecule has 284 valence electrons. The number of aliphatic hydroxyl groups excluding tert-OH is 2. The molecule has 2 bridgehead atoms. The van der Waals surface area contributed by atoms with Gasteiger partial charge in [-0.15, -0.1) is 11.8 Å². The molecule has 0 radical (unpaired) electrons. The average molecular weight is 757 g/mol. The van der Waals surface area contributed by atoms with Crippen LogP contribution in [0.2, 0.25) is 0 Å². The maximum atomic E-state index is 14.5. The number of nitrogens with one attached hydrogen (secondary N) is 2. The number of benzene rings is 2. The zero-order chi connectivity index (χ0) is 38.4. The van der Waals surface area contributed by atoms with Crippen molar-refractivity contribution >= 4 is 41.2 Å². The first-order chi connectivity index (χ1) is 25.3. The van der Waals surface area contributed by atoms with Gasteiger partial charge in [0.05, 0.1) is 50.5 Å². The molecule has 2 aromatic carbocycles. The summed E-state index contributed by atoms with van der Waals surface area (Å²) in [6, 6.07) is 7.77. The van der Waals surface area contributed by atoms with Crippen molar-refractivity contribution < 1.29 is 67.7 Å². The average Bonchev–Trinajstić information content (AvgIpc) is 3.63. The van der Waals surface area contributed by atoms with E-state index in [1.54, 1.807) is 30.3 Å². The number of amides is 2. The Morgan fingerprint density at radius 1 is 1.04 bits per heavy atom. The van der Waals surface area contributed by atoms with Crippen LogP contribution in [0, 0.1) is 0 Å². The molecular formula is C36H40N2O14S. The summed E-state index contributed by atoms with van der Waals surface area (Å²) in [6.07, 6.45) is -7.58. The van der Waals surface area contributed by atoms with Crippen LogP contribution in [0.5, 0.6) is 11.5 Å². The van der Waals surface area contributed by atoms with Crippen molar-refractivity contribution in [2.45, 2.75) is 66.5 Å². The van der Waals surface area contributed by atoms with Gasteiger partial charge in [-0.1, -0.05) is 36.9 Å². The number of carbonyl (C=O) groups excluding carboxylic acids is 4. The lowest BCUT2D eigenvalue weighted by Gasteiger charge is -2.58. The van der Waals surface area contributed by atoms with Gasteiger partial charge in [-0.05, 0) is 23.6 Å². The van der Waals surface area contributed by atoms with Crippen LogP contribution >= 0.6 is 11.8 Å². The fourth-order valence-corrected chi connectivity index (χ4v) is 8.95. The summed E-state index contributed by atoms with van der Waals surface area (Å²) in [6.45, 7) is 5.03. The monoisotopic (exact) mass is 756 g/mol. The van der Waals surface area contributed by atoms with Gasteiger partial charge < -0.3 is 59.1 Å². The highest BCUT2D eigenvalue weighted by atomic mass is 32.2. The molecule has 2 aliphatic heterocycles. The summed E-state index contributed by atoms with van der Waals surface area (Å²) in [5.74, 6) is -2.12. The van der Waals surface area contributed by atoms with Crippen LogP contribution < -0.4 is 20.1 Å². The summed E-state index contributed by atoms with van der Waals surface area (Å²) >= 11 is 1.20. The van der Waals surface area contributed by atoms with Crippen LogP contribution in [0.3, 0.4) is 0 Å². The minimum atomic E-state index is -2.11. The SMILES string of the molecule is C=C(OC)C(=O)Nc1cc(OC)c(OC)cc1C(=O)O[C@H]1C[C@H](O[C@H]2C(=O)[C@@H](NC(=O)OC)[C@]34SCC=C3[C@@]2(O)c2ccccc2[C@H]4O)O[C@@H](C)[C@H]1O. The number of methoxy groups -OCH3 is 4. The van der Waals surface area contributed by atoms with Crippen LogP contribution in [-0.4, -0.2) is 115 Å². The topological polar surface area (TPSA) is 218 Å². The Labute approximate surface area is 308 Å². The lowest BCUT2D eigenvalue weighted by Crippen LogP contribution is -2.73. The Kier molecular flexibility index (Phi) is 10.5. The predicted molar refractivity (Wildman–Crippen MR) is 186 cm³/mol. The summed E-state index contributed by atoms with van der Waals surface area (Å²) in [5.41, 5.74) is -1.47. The smallest absolute Gasteiger partial charge is 0.407 e. The largest absolute Gasteiger partial charge is 0.493 e. The second-order valence-corrected chi connectivity index (χ2v) is 14.0. The van der Waals surface area contributed by atoms with E-state index >= 15 is 0 Å². The van der Waals surface area contributed by atoms with Gasteiger partial charge >= 0.3 is 12.1 Å². The number of hydrogen-bond acceptors (Lipinski definition) is 15. The van der Waals surface area contributed by atoms with Crippen molar-refractivity contribution in [2.24, 2.45) is 0 Å². The van der Waals surface area contributed by atoms with E-state index in [1.807, 2.05) is 0 Å². The molecule has 2 aliphatic carbocycles. The normalized spacial score (nSPS) is 31.2. The van der Waals surface area contributed by atoms with Crippen LogP contribution in [0.4, 0.5) is 10.5 Å². The van der Waals surface area contributed by atoms with E-state index < -0.39 is 77.0 Å². The van der Waals surface area contributed by atoms with Gasteiger partial charge in [-0.2, -0.15) is 0 Å². The van der Waals surface area contributed by atoms with E-state index in [0.29, 0.717) is 11.3 Å². The first-order valence-electron chi connectivity index (χ1n) is 16.5. The number of anilines is 1. The Hall–Kier alpha value is -4.65. The second kappa shape index (κ2) is 14.6. The van der Waals surface area contributed by atoms with Gasteiger partial charge in [0.1, 0.15) is 30.0 Å². The van der Waals surface area contributed by atoms with E-state index in [2.05, 4.69) is 17.2 Å². The molecule has 2 heterocycles. The van der Waals surface area contributed by atoms with Crippen LogP contribution in [0.15, 0.2) is 60.4 Å². The van der Waals surface area contributed by atoms with Gasteiger partial charge in [-0.25, -0.2) is 9.59 Å². The molecule has 16 nitrogen and oxygen atoms in total. The van der Waals surface area contributed by atoms with E-state index in [0.717, 1.165) is 7.11 Å². The third kappa shape index (κ3) is 6.20. The van der Waals surface area contributed by atoms with Gasteiger partial charge in [0.25, 0.3) is 5.91 Å². The van der Waals surface area contributed by atoms with E-state index in [-0.39, 0.29) is 46.1 Å². The Balaban J connectivity index is 1.33. The number of alkyl carbamates (subject to hydrolysis) is 1. The third-order valence-electron chi connectivity index (χ3n) is 10.0. The third-order valence-corrected chi connectivity index (χ3v) is 11.5. The molecule has 9 atom stereocenters. The first-order valence-corrected chi connectivity index (χ1v) is 17.5. The molecule has 5 N–H and O–H groups in total. The van der Waals surface area contributed by atoms with Crippen LogP contribution in [0.25, 0.3) is 0 Å². The quantitative estimate of drug-likeness (QED) is 0.101. The number of hydrogen-bond donors (Lipinski definition) is 5. The maximum absolute atomic E-state index is 14.5. The molecule has 6 rings (SSSR count). The van der Waals surface area contributed by atoms with Crippen LogP contribution in [-0.2, 0) is 38.9 Å². The highest BCUT2D eigenvalue weighted by Gasteiger charge is 2.72. The summed E-state index contributed by atoms with van der Waals surface area (Å²) in [4.78, 5) is 53.5. The van der Waals surface area contributed by atoms with Crippen LogP contribution in [0.1, 0.15) is 40.9 Å². The van der Waals surface area contributed by atoms with Gasteiger partial charge in [-0.3, -0.25) is 9.59 Å². The number of Topliss-reactive ketones (excluding diaryl/α,β-unsaturated/α-hetero) is 1. The van der Waals surface area contributed by atoms with Gasteiger partial charge in [0, 0.05) is 24.3 Å². The van der Waals surface area contributed by atoms with Crippen molar-refractivity contribution in [3.8, 4) is 11.5 Å². The highest BCUT2D eigenvalue weighted by Crippen LogP contribution is 2.64. The summed E-state index contributed by atoms with van der Waals surface area (Å²) in [7, 11) is 5.11. The zero-order valence-electron chi connectivity index (χ0n) is 29.4. The standard InChI is InChI=1S/C36H40N2O14S/c1-16-27(39)24(51-33(43)19-13-22(47-4)23(48-5)14-21(19)37-32(42)17(2)46-3)15-26(50-16)52-31-28(40)29(38-34(44)49-6)36-25(11-12-53-36)35(31,45)20-10-8-7-9-18(20)30(36)41/h7-11,13-14,16,24,26-27,29-31,39,41,45H,2,12,15H2,1,3-6H3,(H,37,42)(H,38,44)/t16-,24-,26-,27+,29+,30+,31-,35-,36+/m0/s1. The van der Waals surface area contributed by atoms with E-state index in [1.165, 1.54) is 52.1 Å². The van der Waals surface area contributed by atoms with Gasteiger partial charge in [0.15, 0.2) is 35.4 Å². The minimum Gasteiger partial charge on any atom is -0.493 e. The number of fused-ring (bicyclic) bond motifs is 2. The van der Waals surface area contributed by atoms with Crippen molar-refractivity contribution in [3.05, 3.63) is 77.1 Å². The molecular weight excluding hydrogens is 716 g/mol. The minimum absolute atomic E-state index is 0.0400. The Morgan fingerprint density at radius 2 is 1.74 bits per heavy atom. The number of ketones is 1. The molecule has 0 spiro atoms. The Morgan fingerprint density at radius 3 is 2.42 bits per heavy atom. The Bertz CT molecular complexity index is 1870. The molecule has 4 aliphatic rings. The predicted octanol–water partition coefficient (Wildman–Crippen LogP) is 1.86. The fourth-order valence-electron chi connectivity index (χ4n) is 7.41. The molecule has 0 aromatic heterocycles. The van der Waals surface area contributed by atoms with Gasteiger partial charge in [0.2, 0.25) is 0 Å². The number of thioether (sulfide) groups is 1. The van der Waals surface area contributed by atoms with E-state index in [9.17, 15) is 34.5 Å².